The quantitative estimate of drug-likeness (QED) is 0.673. The molecule has 1 amide bonds. The van der Waals surface area contributed by atoms with Gasteiger partial charge in [0.1, 0.15) is 0 Å². The van der Waals surface area contributed by atoms with Crippen molar-refractivity contribution >= 4 is 27.5 Å². The van der Waals surface area contributed by atoms with Crippen LogP contribution in [-0.2, 0) is 0 Å². The summed E-state index contributed by atoms with van der Waals surface area (Å²) in [6, 6.07) is 13.0. The lowest BCUT2D eigenvalue weighted by molar-refractivity contribution is -0.384. The van der Waals surface area contributed by atoms with E-state index in [0.717, 1.165) is 10.0 Å². The first-order chi connectivity index (χ1) is 9.99. The fraction of sp³-hybridized carbons (Fsp3) is 0.133. The summed E-state index contributed by atoms with van der Waals surface area (Å²) >= 11 is 3.43. The molecule has 2 aromatic carbocycles. The van der Waals surface area contributed by atoms with Crippen LogP contribution in [0.25, 0.3) is 0 Å². The Morgan fingerprint density at radius 1 is 1.24 bits per heavy atom. The van der Waals surface area contributed by atoms with Gasteiger partial charge in [0.15, 0.2) is 0 Å². The van der Waals surface area contributed by atoms with Crippen molar-refractivity contribution in [2.75, 3.05) is 0 Å². The Morgan fingerprint density at radius 3 is 2.62 bits per heavy atom. The monoisotopic (exact) mass is 348 g/mol. The zero-order valence-electron chi connectivity index (χ0n) is 11.2. The van der Waals surface area contributed by atoms with Crippen LogP contribution in [0.4, 0.5) is 5.69 Å². The molecule has 0 aliphatic rings. The highest BCUT2D eigenvalue weighted by atomic mass is 79.9. The van der Waals surface area contributed by atoms with Crippen LogP contribution in [0.15, 0.2) is 53.0 Å². The Morgan fingerprint density at radius 2 is 1.95 bits per heavy atom. The standard InChI is InChI=1S/C15H13BrN2O3/c1-10(13-7-2-3-8-14(13)16)17-15(19)11-5-4-6-12(9-11)18(20)21/h2-10H,1H3,(H,17,19). The summed E-state index contributed by atoms with van der Waals surface area (Å²) in [6.07, 6.45) is 0. The molecule has 0 spiro atoms. The minimum Gasteiger partial charge on any atom is -0.345 e. The molecule has 1 N–H and O–H groups in total. The second-order valence-electron chi connectivity index (χ2n) is 4.52. The van der Waals surface area contributed by atoms with E-state index in [-0.39, 0.29) is 23.2 Å². The molecule has 0 aromatic heterocycles. The normalized spacial score (nSPS) is 11.7. The summed E-state index contributed by atoms with van der Waals surface area (Å²) in [6.45, 7) is 1.86. The first-order valence-electron chi connectivity index (χ1n) is 6.29. The van der Waals surface area contributed by atoms with Crippen molar-refractivity contribution in [2.24, 2.45) is 0 Å². The highest BCUT2D eigenvalue weighted by Gasteiger charge is 2.15. The van der Waals surface area contributed by atoms with E-state index in [4.69, 9.17) is 0 Å². The average molecular weight is 349 g/mol. The number of halogens is 1. The molecule has 2 aromatic rings. The fourth-order valence-corrected chi connectivity index (χ4v) is 2.57. The van der Waals surface area contributed by atoms with Gasteiger partial charge in [-0.2, -0.15) is 0 Å². The zero-order valence-corrected chi connectivity index (χ0v) is 12.8. The third-order valence-electron chi connectivity index (χ3n) is 3.04. The van der Waals surface area contributed by atoms with Gasteiger partial charge in [0, 0.05) is 22.2 Å². The number of hydrogen-bond acceptors (Lipinski definition) is 3. The van der Waals surface area contributed by atoms with E-state index in [2.05, 4.69) is 21.2 Å². The number of nitro benzene ring substituents is 1. The first kappa shape index (κ1) is 15.2. The van der Waals surface area contributed by atoms with Crippen molar-refractivity contribution in [2.45, 2.75) is 13.0 Å². The minimum atomic E-state index is -0.520. The number of carbonyl (C=O) groups is 1. The van der Waals surface area contributed by atoms with Crippen molar-refractivity contribution in [1.29, 1.82) is 0 Å². The van der Waals surface area contributed by atoms with Gasteiger partial charge >= 0.3 is 0 Å². The SMILES string of the molecule is CC(NC(=O)c1cccc([N+](=O)[O-])c1)c1ccccc1Br. The number of amides is 1. The van der Waals surface area contributed by atoms with Crippen molar-refractivity contribution in [3.8, 4) is 0 Å². The maximum Gasteiger partial charge on any atom is 0.270 e. The molecule has 0 aliphatic heterocycles. The van der Waals surface area contributed by atoms with Crippen LogP contribution >= 0.6 is 15.9 Å². The van der Waals surface area contributed by atoms with Gasteiger partial charge < -0.3 is 5.32 Å². The molecule has 0 saturated heterocycles. The number of rotatable bonds is 4. The molecule has 1 unspecified atom stereocenters. The van der Waals surface area contributed by atoms with E-state index >= 15 is 0 Å². The number of benzene rings is 2. The number of hydrogen-bond donors (Lipinski definition) is 1. The summed E-state index contributed by atoms with van der Waals surface area (Å²) in [5.41, 5.74) is 1.11. The molecule has 0 fully saturated rings. The van der Waals surface area contributed by atoms with Gasteiger partial charge in [0.2, 0.25) is 0 Å². The van der Waals surface area contributed by atoms with Gasteiger partial charge in [-0.15, -0.1) is 0 Å². The fourth-order valence-electron chi connectivity index (χ4n) is 1.94. The molecule has 0 aliphatic carbocycles. The van der Waals surface area contributed by atoms with Crippen molar-refractivity contribution in [1.82, 2.24) is 5.32 Å². The Labute approximate surface area is 130 Å². The first-order valence-corrected chi connectivity index (χ1v) is 7.08. The maximum absolute atomic E-state index is 12.2. The topological polar surface area (TPSA) is 72.2 Å². The molecule has 1 atom stereocenters. The molecule has 0 saturated carbocycles. The lowest BCUT2D eigenvalue weighted by Gasteiger charge is -2.15. The molecular weight excluding hydrogens is 336 g/mol. The zero-order chi connectivity index (χ0) is 15.4. The number of nitrogens with one attached hydrogen (secondary N) is 1. The van der Waals surface area contributed by atoms with Crippen LogP contribution in [0.5, 0.6) is 0 Å². The lowest BCUT2D eigenvalue weighted by Crippen LogP contribution is -2.26. The van der Waals surface area contributed by atoms with Crippen molar-refractivity contribution < 1.29 is 9.72 Å². The van der Waals surface area contributed by atoms with Crippen molar-refractivity contribution in [3.05, 3.63) is 74.2 Å². The third kappa shape index (κ3) is 3.66. The van der Waals surface area contributed by atoms with E-state index in [1.54, 1.807) is 6.07 Å². The second kappa shape index (κ2) is 6.49. The van der Waals surface area contributed by atoms with Gasteiger partial charge in [-0.3, -0.25) is 14.9 Å². The molecule has 5 nitrogen and oxygen atoms in total. The second-order valence-corrected chi connectivity index (χ2v) is 5.38. The average Bonchev–Trinajstić information content (AvgIpc) is 2.47. The lowest BCUT2D eigenvalue weighted by atomic mass is 10.1. The molecule has 0 heterocycles. The minimum absolute atomic E-state index is 0.101. The molecule has 0 radical (unpaired) electrons. The van der Waals surface area contributed by atoms with E-state index in [0.29, 0.717) is 0 Å². The van der Waals surface area contributed by atoms with Gasteiger partial charge in [0.05, 0.1) is 11.0 Å². The van der Waals surface area contributed by atoms with E-state index < -0.39 is 4.92 Å². The van der Waals surface area contributed by atoms with Crippen LogP contribution < -0.4 is 5.32 Å². The third-order valence-corrected chi connectivity index (χ3v) is 3.76. The van der Waals surface area contributed by atoms with E-state index in [9.17, 15) is 14.9 Å². The Balaban J connectivity index is 2.16. The highest BCUT2D eigenvalue weighted by molar-refractivity contribution is 9.10. The summed E-state index contributed by atoms with van der Waals surface area (Å²) in [5.74, 6) is -0.345. The summed E-state index contributed by atoms with van der Waals surface area (Å²) in [5, 5.41) is 13.6. The maximum atomic E-state index is 12.2. The molecular formula is C15H13BrN2O3. The summed E-state index contributed by atoms with van der Waals surface area (Å²) < 4.78 is 0.900. The highest BCUT2D eigenvalue weighted by Crippen LogP contribution is 2.23. The van der Waals surface area contributed by atoms with Crippen LogP contribution in [0.1, 0.15) is 28.9 Å². The Hall–Kier alpha value is -2.21. The number of nitro groups is 1. The molecule has 6 heteroatoms. The van der Waals surface area contributed by atoms with Crippen molar-refractivity contribution in [3.63, 3.8) is 0 Å². The predicted molar refractivity (Wildman–Crippen MR) is 83.1 cm³/mol. The number of non-ortho nitro benzene ring substituents is 1. The van der Waals surface area contributed by atoms with E-state index in [1.807, 2.05) is 31.2 Å². The van der Waals surface area contributed by atoms with Crippen LogP contribution in [0.2, 0.25) is 0 Å². The van der Waals surface area contributed by atoms with Gasteiger partial charge in [-0.1, -0.05) is 40.2 Å². The van der Waals surface area contributed by atoms with Gasteiger partial charge in [-0.25, -0.2) is 0 Å². The van der Waals surface area contributed by atoms with Gasteiger partial charge in [-0.05, 0) is 24.6 Å². The van der Waals surface area contributed by atoms with Crippen LogP contribution in [-0.4, -0.2) is 10.8 Å². The smallest absolute Gasteiger partial charge is 0.270 e. The number of carbonyl (C=O) groups excluding carboxylic acids is 1. The van der Waals surface area contributed by atoms with Crippen LogP contribution in [0, 0.1) is 10.1 Å². The van der Waals surface area contributed by atoms with Gasteiger partial charge in [0.25, 0.3) is 11.6 Å². The number of nitrogens with zero attached hydrogens (tertiary/aromatic N) is 1. The Bertz CT molecular complexity index is 688. The molecule has 21 heavy (non-hydrogen) atoms. The molecule has 108 valence electrons. The molecule has 2 rings (SSSR count). The molecule has 0 bridgehead atoms. The Kier molecular flexibility index (Phi) is 4.70. The largest absolute Gasteiger partial charge is 0.345 e. The van der Waals surface area contributed by atoms with Crippen LogP contribution in [0.3, 0.4) is 0 Å². The summed E-state index contributed by atoms with van der Waals surface area (Å²) in [7, 11) is 0. The predicted octanol–water partition coefficient (Wildman–Crippen LogP) is 3.85. The van der Waals surface area contributed by atoms with E-state index in [1.165, 1.54) is 18.2 Å². The summed E-state index contributed by atoms with van der Waals surface area (Å²) in [4.78, 5) is 22.4.